The smallest absolute Gasteiger partial charge is 0.0451 e. The molecule has 1 aliphatic rings. The zero-order chi connectivity index (χ0) is 5.11. The van der Waals surface area contributed by atoms with Crippen LogP contribution in [0.5, 0.6) is 0 Å². The molecular formula is C6H8N-. The molecule has 0 aliphatic carbocycles. The lowest BCUT2D eigenvalue weighted by molar-refractivity contribution is 1.24. The third kappa shape index (κ3) is 1.07. The Morgan fingerprint density at radius 3 is 2.86 bits per heavy atom. The van der Waals surface area contributed by atoms with E-state index in [2.05, 4.69) is 18.3 Å². The highest BCUT2D eigenvalue weighted by Gasteiger charge is 1.77. The first kappa shape index (κ1) is 4.44. The van der Waals surface area contributed by atoms with Crippen molar-refractivity contribution in [1.82, 2.24) is 0 Å². The molecule has 1 rings (SSSR count). The Bertz CT molecular complexity index is 111. The summed E-state index contributed by atoms with van der Waals surface area (Å²) in [6.45, 7) is 2.96. The summed E-state index contributed by atoms with van der Waals surface area (Å²) >= 11 is 0. The molecule has 0 saturated carbocycles. The molecule has 1 heteroatoms. The second-order valence-corrected chi connectivity index (χ2v) is 1.70. The molecule has 0 aromatic carbocycles. The van der Waals surface area contributed by atoms with Crippen molar-refractivity contribution in [2.24, 2.45) is 0 Å². The van der Waals surface area contributed by atoms with Crippen molar-refractivity contribution in [1.29, 1.82) is 0 Å². The van der Waals surface area contributed by atoms with Crippen LogP contribution in [0, 0.1) is 0 Å². The summed E-state index contributed by atoms with van der Waals surface area (Å²) in [5, 5.41) is 4.01. The first-order valence-electron chi connectivity index (χ1n) is 2.38. The first-order chi connectivity index (χ1) is 3.39. The quantitative estimate of drug-likeness (QED) is 0.435. The molecular weight excluding hydrogens is 86.1 g/mol. The van der Waals surface area contributed by atoms with Crippen LogP contribution < -0.4 is 0 Å². The molecule has 0 atom stereocenters. The van der Waals surface area contributed by atoms with Crippen molar-refractivity contribution < 1.29 is 0 Å². The molecule has 7 heavy (non-hydrogen) atoms. The number of rotatable bonds is 0. The second kappa shape index (κ2) is 1.82. The van der Waals surface area contributed by atoms with Crippen LogP contribution in [-0.2, 0) is 0 Å². The minimum Gasteiger partial charge on any atom is -0.687 e. The van der Waals surface area contributed by atoms with Crippen LogP contribution in [0.2, 0.25) is 0 Å². The number of hydrogen-bond donors (Lipinski definition) is 0. The van der Waals surface area contributed by atoms with Gasteiger partial charge in [0.25, 0.3) is 0 Å². The maximum absolute atomic E-state index is 4.01. The van der Waals surface area contributed by atoms with E-state index in [-0.39, 0.29) is 0 Å². The molecule has 0 aromatic rings. The van der Waals surface area contributed by atoms with E-state index in [4.69, 9.17) is 0 Å². The maximum atomic E-state index is 4.01. The van der Waals surface area contributed by atoms with Crippen LogP contribution in [0.15, 0.2) is 23.9 Å². The van der Waals surface area contributed by atoms with E-state index in [1.165, 1.54) is 5.57 Å². The van der Waals surface area contributed by atoms with Crippen molar-refractivity contribution in [3.63, 3.8) is 0 Å². The van der Waals surface area contributed by atoms with E-state index in [9.17, 15) is 0 Å². The lowest BCUT2D eigenvalue weighted by Gasteiger charge is -2.17. The van der Waals surface area contributed by atoms with E-state index < -0.39 is 0 Å². The van der Waals surface area contributed by atoms with Crippen molar-refractivity contribution >= 4 is 0 Å². The molecule has 0 fully saturated rings. The molecule has 0 N–H and O–H groups in total. The molecule has 1 aliphatic heterocycles. The second-order valence-electron chi connectivity index (χ2n) is 1.70. The molecule has 1 nitrogen and oxygen atoms in total. The van der Waals surface area contributed by atoms with Crippen LogP contribution in [0.4, 0.5) is 0 Å². The fraction of sp³-hybridized carbons (Fsp3) is 0.333. The fourth-order valence-corrected chi connectivity index (χ4v) is 0.518. The van der Waals surface area contributed by atoms with Crippen LogP contribution in [0.3, 0.4) is 0 Å². The van der Waals surface area contributed by atoms with Crippen molar-refractivity contribution in [3.8, 4) is 0 Å². The molecule has 0 spiro atoms. The fourth-order valence-electron chi connectivity index (χ4n) is 0.518. The van der Waals surface area contributed by atoms with Gasteiger partial charge in [0.05, 0.1) is 0 Å². The van der Waals surface area contributed by atoms with Gasteiger partial charge in [-0.05, 0) is 6.92 Å². The standard InChI is InChI=1S/C6H8N/c1-6-3-2-4-7-5-6/h2-4H,5H2,1H3/q-1. The van der Waals surface area contributed by atoms with Crippen LogP contribution in [0.1, 0.15) is 6.92 Å². The predicted octanol–water partition coefficient (Wildman–Crippen LogP) is 1.83. The van der Waals surface area contributed by atoms with Gasteiger partial charge in [-0.15, -0.1) is 6.54 Å². The van der Waals surface area contributed by atoms with Gasteiger partial charge in [0.15, 0.2) is 0 Å². The van der Waals surface area contributed by atoms with E-state index in [1.807, 2.05) is 12.3 Å². The Kier molecular flexibility index (Phi) is 1.16. The van der Waals surface area contributed by atoms with E-state index in [0.29, 0.717) is 0 Å². The Morgan fingerprint density at radius 1 is 1.71 bits per heavy atom. The average molecular weight is 94.1 g/mol. The van der Waals surface area contributed by atoms with Gasteiger partial charge in [-0.3, -0.25) is 0 Å². The Labute approximate surface area is 43.7 Å². The normalized spacial score (nSPS) is 18.1. The van der Waals surface area contributed by atoms with Crippen LogP contribution in [-0.4, -0.2) is 6.54 Å². The molecule has 0 saturated heterocycles. The Balaban J connectivity index is 2.57. The summed E-state index contributed by atoms with van der Waals surface area (Å²) in [6, 6.07) is 0. The largest absolute Gasteiger partial charge is 0.687 e. The maximum Gasteiger partial charge on any atom is -0.0451 e. The lowest BCUT2D eigenvalue weighted by Crippen LogP contribution is -1.85. The van der Waals surface area contributed by atoms with Crippen molar-refractivity contribution in [3.05, 3.63) is 29.2 Å². The van der Waals surface area contributed by atoms with Gasteiger partial charge >= 0.3 is 0 Å². The summed E-state index contributed by atoms with van der Waals surface area (Å²) in [5.74, 6) is 0. The lowest BCUT2D eigenvalue weighted by atomic mass is 10.2. The zero-order valence-electron chi connectivity index (χ0n) is 4.39. The minimum atomic E-state index is 0.885. The molecule has 0 aromatic heterocycles. The van der Waals surface area contributed by atoms with Gasteiger partial charge in [0.2, 0.25) is 0 Å². The average Bonchev–Trinajstić information content (AvgIpc) is 1.69. The van der Waals surface area contributed by atoms with Gasteiger partial charge in [-0.25, -0.2) is 0 Å². The monoisotopic (exact) mass is 94.1 g/mol. The minimum absolute atomic E-state index is 0.885. The summed E-state index contributed by atoms with van der Waals surface area (Å²) in [4.78, 5) is 0. The summed E-state index contributed by atoms with van der Waals surface area (Å²) in [7, 11) is 0. The van der Waals surface area contributed by atoms with Gasteiger partial charge in [0, 0.05) is 0 Å². The van der Waals surface area contributed by atoms with E-state index in [0.717, 1.165) is 6.54 Å². The predicted molar refractivity (Wildman–Crippen MR) is 31.1 cm³/mol. The topological polar surface area (TPSA) is 14.1 Å². The number of nitrogens with zero attached hydrogens (tertiary/aromatic N) is 1. The molecule has 0 bridgehead atoms. The highest BCUT2D eigenvalue weighted by molar-refractivity contribution is 5.25. The van der Waals surface area contributed by atoms with Crippen molar-refractivity contribution in [2.45, 2.75) is 6.92 Å². The summed E-state index contributed by atoms with van der Waals surface area (Å²) in [6.07, 6.45) is 5.86. The zero-order valence-corrected chi connectivity index (χ0v) is 4.39. The van der Waals surface area contributed by atoms with Gasteiger partial charge < -0.3 is 5.32 Å². The number of hydrogen-bond acceptors (Lipinski definition) is 0. The Hall–Kier alpha value is -0.720. The SMILES string of the molecule is CC1=CC=C[N-]C1. The molecule has 38 valence electrons. The summed E-state index contributed by atoms with van der Waals surface area (Å²) < 4.78 is 0. The first-order valence-corrected chi connectivity index (χ1v) is 2.38. The van der Waals surface area contributed by atoms with E-state index >= 15 is 0 Å². The Morgan fingerprint density at radius 2 is 2.57 bits per heavy atom. The van der Waals surface area contributed by atoms with Gasteiger partial charge in [-0.1, -0.05) is 17.7 Å². The van der Waals surface area contributed by atoms with Crippen molar-refractivity contribution in [2.75, 3.05) is 6.54 Å². The molecule has 0 unspecified atom stereocenters. The third-order valence-corrected chi connectivity index (χ3v) is 0.913. The van der Waals surface area contributed by atoms with Gasteiger partial charge in [-0.2, -0.15) is 6.20 Å². The van der Waals surface area contributed by atoms with Gasteiger partial charge in [0.1, 0.15) is 0 Å². The highest BCUT2D eigenvalue weighted by Crippen LogP contribution is 2.04. The molecule has 1 heterocycles. The number of allylic oxidation sites excluding steroid dienone is 2. The summed E-state index contributed by atoms with van der Waals surface area (Å²) in [5.41, 5.74) is 1.34. The highest BCUT2D eigenvalue weighted by atomic mass is 14.8. The molecule has 0 radical (unpaired) electrons. The van der Waals surface area contributed by atoms with Crippen LogP contribution in [0.25, 0.3) is 5.32 Å². The molecule has 0 amide bonds. The van der Waals surface area contributed by atoms with E-state index in [1.54, 1.807) is 0 Å². The third-order valence-electron chi connectivity index (χ3n) is 0.913. The van der Waals surface area contributed by atoms with Crippen LogP contribution >= 0.6 is 0 Å².